The van der Waals surface area contributed by atoms with Crippen LogP contribution in [0.15, 0.2) is 30.3 Å². The molecule has 0 unspecified atom stereocenters. The van der Waals surface area contributed by atoms with E-state index in [4.69, 9.17) is 5.41 Å². The van der Waals surface area contributed by atoms with Crippen LogP contribution in [0.1, 0.15) is 12.5 Å². The molecule has 7 heteroatoms. The zero-order valence-corrected chi connectivity index (χ0v) is 10.5. The highest BCUT2D eigenvalue weighted by molar-refractivity contribution is 6.00. The van der Waals surface area contributed by atoms with Gasteiger partial charge in [-0.15, -0.1) is 0 Å². The van der Waals surface area contributed by atoms with Crippen LogP contribution in [0.4, 0.5) is 9.59 Å². The lowest BCUT2D eigenvalue weighted by atomic mass is 10.2. The summed E-state index contributed by atoms with van der Waals surface area (Å²) < 4.78 is 4.56. The summed E-state index contributed by atoms with van der Waals surface area (Å²) in [6.45, 7) is 2.17. The fourth-order valence-electron chi connectivity index (χ4n) is 1.24. The molecule has 0 saturated carbocycles. The third-order valence-electron chi connectivity index (χ3n) is 2.04. The molecule has 1 aromatic carbocycles. The first-order valence-electron chi connectivity index (χ1n) is 5.73. The van der Waals surface area contributed by atoms with Gasteiger partial charge in [0.05, 0.1) is 6.61 Å². The van der Waals surface area contributed by atoms with E-state index in [2.05, 4.69) is 20.7 Å². The third-order valence-corrected chi connectivity index (χ3v) is 2.04. The molecule has 0 saturated heterocycles. The molecule has 1 aromatic rings. The molecule has 0 aliphatic rings. The Balaban J connectivity index is 2.27. The molecule has 0 aromatic heterocycles. The molecule has 0 aliphatic heterocycles. The van der Waals surface area contributed by atoms with Gasteiger partial charge in [-0.2, -0.15) is 0 Å². The minimum Gasteiger partial charge on any atom is -0.450 e. The minimum atomic E-state index is -0.782. The first kappa shape index (κ1) is 14.5. The smallest absolute Gasteiger partial charge is 0.413 e. The van der Waals surface area contributed by atoms with Crippen molar-refractivity contribution in [1.29, 1.82) is 5.41 Å². The monoisotopic (exact) mass is 264 g/mol. The second kappa shape index (κ2) is 7.70. The lowest BCUT2D eigenvalue weighted by Gasteiger charge is -2.09. The fraction of sp³-hybridized carbons (Fsp3) is 0.250. The molecule has 19 heavy (non-hydrogen) atoms. The van der Waals surface area contributed by atoms with E-state index < -0.39 is 18.1 Å². The van der Waals surface area contributed by atoms with Gasteiger partial charge in [-0.25, -0.2) is 9.59 Å². The number of urea groups is 1. The number of carbonyl (C=O) groups excluding carboxylic acids is 2. The van der Waals surface area contributed by atoms with Gasteiger partial charge in [0.25, 0.3) is 0 Å². The van der Waals surface area contributed by atoms with Crippen molar-refractivity contribution in [3.63, 3.8) is 0 Å². The number of alkyl carbamates (subject to hydrolysis) is 1. The molecule has 0 spiro atoms. The molecule has 102 valence electrons. The van der Waals surface area contributed by atoms with Crippen LogP contribution in [-0.2, 0) is 11.3 Å². The average Bonchev–Trinajstić information content (AvgIpc) is 2.37. The van der Waals surface area contributed by atoms with Crippen molar-refractivity contribution in [2.45, 2.75) is 13.5 Å². The zero-order chi connectivity index (χ0) is 14.1. The summed E-state index contributed by atoms with van der Waals surface area (Å²) in [7, 11) is 0. The minimum absolute atomic E-state index is 0.194. The highest BCUT2D eigenvalue weighted by atomic mass is 16.5. The second-order valence-electron chi connectivity index (χ2n) is 3.51. The van der Waals surface area contributed by atoms with Gasteiger partial charge in [-0.05, 0) is 12.5 Å². The largest absolute Gasteiger partial charge is 0.450 e. The van der Waals surface area contributed by atoms with Crippen LogP contribution in [-0.4, -0.2) is 24.7 Å². The maximum absolute atomic E-state index is 11.4. The van der Waals surface area contributed by atoms with Gasteiger partial charge in [0.2, 0.25) is 5.96 Å². The Bertz CT molecular complexity index is 448. The van der Waals surface area contributed by atoms with E-state index in [1.807, 2.05) is 30.3 Å². The normalized spacial score (nSPS) is 9.32. The predicted octanol–water partition coefficient (Wildman–Crippen LogP) is 1.17. The van der Waals surface area contributed by atoms with Crippen LogP contribution < -0.4 is 16.0 Å². The molecule has 0 radical (unpaired) electrons. The van der Waals surface area contributed by atoms with Gasteiger partial charge in [0.1, 0.15) is 0 Å². The molecule has 0 fully saturated rings. The van der Waals surface area contributed by atoms with Crippen molar-refractivity contribution in [1.82, 2.24) is 16.0 Å². The van der Waals surface area contributed by atoms with Gasteiger partial charge >= 0.3 is 12.1 Å². The Labute approximate surface area is 110 Å². The summed E-state index contributed by atoms with van der Waals surface area (Å²) in [6, 6.07) is 8.75. The maximum Gasteiger partial charge on any atom is 0.413 e. The van der Waals surface area contributed by atoms with Crippen LogP contribution in [0.5, 0.6) is 0 Å². The van der Waals surface area contributed by atoms with Crippen molar-refractivity contribution in [3.05, 3.63) is 35.9 Å². The number of nitrogens with one attached hydrogen (secondary N) is 4. The van der Waals surface area contributed by atoms with Crippen LogP contribution in [0.3, 0.4) is 0 Å². The molecule has 0 bridgehead atoms. The lowest BCUT2D eigenvalue weighted by molar-refractivity contribution is 0.157. The Morgan fingerprint density at radius 1 is 1.21 bits per heavy atom. The standard InChI is InChI=1S/C12H16N4O3/c1-2-19-12(18)16-10(13)15-11(17)14-8-9-6-4-3-5-7-9/h3-7H,2,8H2,1H3,(H4,13,14,15,16,17,18). The van der Waals surface area contributed by atoms with Crippen LogP contribution in [0.2, 0.25) is 0 Å². The Kier molecular flexibility index (Phi) is 5.87. The number of hydrogen-bond acceptors (Lipinski definition) is 4. The average molecular weight is 264 g/mol. The van der Waals surface area contributed by atoms with Gasteiger partial charge < -0.3 is 10.1 Å². The van der Waals surface area contributed by atoms with E-state index in [-0.39, 0.29) is 6.61 Å². The first-order chi connectivity index (χ1) is 9.11. The number of guanidine groups is 1. The molecule has 0 atom stereocenters. The number of benzene rings is 1. The quantitative estimate of drug-likeness (QED) is 0.486. The topological polar surface area (TPSA) is 103 Å². The number of amides is 3. The van der Waals surface area contributed by atoms with Gasteiger partial charge in [0, 0.05) is 6.54 Å². The molecule has 7 nitrogen and oxygen atoms in total. The van der Waals surface area contributed by atoms with E-state index in [0.29, 0.717) is 6.54 Å². The van der Waals surface area contributed by atoms with Gasteiger partial charge in [-0.1, -0.05) is 30.3 Å². The van der Waals surface area contributed by atoms with Gasteiger partial charge in [-0.3, -0.25) is 16.0 Å². The van der Waals surface area contributed by atoms with Crippen molar-refractivity contribution >= 4 is 18.1 Å². The summed E-state index contributed by atoms with van der Waals surface area (Å²) in [5.41, 5.74) is 0.933. The van der Waals surface area contributed by atoms with Crippen molar-refractivity contribution < 1.29 is 14.3 Å². The third kappa shape index (κ3) is 6.06. The Morgan fingerprint density at radius 3 is 2.53 bits per heavy atom. The summed E-state index contributed by atoms with van der Waals surface area (Å²) >= 11 is 0. The molecule has 0 heterocycles. The van der Waals surface area contributed by atoms with E-state index in [9.17, 15) is 9.59 Å². The first-order valence-corrected chi connectivity index (χ1v) is 5.73. The predicted molar refractivity (Wildman–Crippen MR) is 69.7 cm³/mol. The second-order valence-corrected chi connectivity index (χ2v) is 3.51. The van der Waals surface area contributed by atoms with Crippen molar-refractivity contribution in [2.75, 3.05) is 6.61 Å². The van der Waals surface area contributed by atoms with Crippen LogP contribution in [0.25, 0.3) is 0 Å². The number of rotatable bonds is 3. The summed E-state index contributed by atoms with van der Waals surface area (Å²) in [5, 5.41) is 14.1. The van der Waals surface area contributed by atoms with Crippen molar-refractivity contribution in [2.24, 2.45) is 0 Å². The van der Waals surface area contributed by atoms with Crippen LogP contribution >= 0.6 is 0 Å². The summed E-state index contributed by atoms with van der Waals surface area (Å²) in [6.07, 6.45) is -0.782. The SMILES string of the molecule is CCOC(=O)NC(=N)NC(=O)NCc1ccccc1. The molecule has 4 N–H and O–H groups in total. The molecular weight excluding hydrogens is 248 g/mol. The molecule has 1 rings (SSSR count). The molecular formula is C12H16N4O3. The molecule has 3 amide bonds. The zero-order valence-electron chi connectivity index (χ0n) is 10.5. The fourth-order valence-corrected chi connectivity index (χ4v) is 1.24. The van der Waals surface area contributed by atoms with Crippen molar-refractivity contribution in [3.8, 4) is 0 Å². The summed E-state index contributed by atoms with van der Waals surface area (Å²) in [4.78, 5) is 22.4. The molecule has 0 aliphatic carbocycles. The number of hydrogen-bond donors (Lipinski definition) is 4. The van der Waals surface area contributed by atoms with Crippen LogP contribution in [0, 0.1) is 5.41 Å². The highest BCUT2D eigenvalue weighted by Crippen LogP contribution is 1.96. The van der Waals surface area contributed by atoms with E-state index in [0.717, 1.165) is 5.56 Å². The number of carbonyl (C=O) groups is 2. The van der Waals surface area contributed by atoms with Gasteiger partial charge in [0.15, 0.2) is 0 Å². The Hall–Kier alpha value is -2.57. The Morgan fingerprint density at radius 2 is 1.89 bits per heavy atom. The van der Waals surface area contributed by atoms with E-state index >= 15 is 0 Å². The summed E-state index contributed by atoms with van der Waals surface area (Å²) in [5.74, 6) is -0.441. The highest BCUT2D eigenvalue weighted by Gasteiger charge is 2.07. The van der Waals surface area contributed by atoms with E-state index in [1.54, 1.807) is 6.92 Å². The lowest BCUT2D eigenvalue weighted by Crippen LogP contribution is -2.47. The maximum atomic E-state index is 11.4. The number of ether oxygens (including phenoxy) is 1. The van der Waals surface area contributed by atoms with E-state index in [1.165, 1.54) is 0 Å².